The van der Waals surface area contributed by atoms with Crippen LogP contribution in [0.15, 0.2) is 24.3 Å². The van der Waals surface area contributed by atoms with Gasteiger partial charge in [-0.3, -0.25) is 4.79 Å². The number of Topliss-reactive ketones (excluding diaryl/α,β-unsaturated/α-hetero) is 1. The van der Waals surface area contributed by atoms with Crippen LogP contribution in [0.2, 0.25) is 0 Å². The summed E-state index contributed by atoms with van der Waals surface area (Å²) >= 11 is 0. The van der Waals surface area contributed by atoms with E-state index in [4.69, 9.17) is 4.74 Å². The molecular formula is C19H32O3. The van der Waals surface area contributed by atoms with Crippen LogP contribution in [0.5, 0.6) is 0 Å². The standard InChI is InChI=1S/C19H32O3/c1-4-19(22-18(3)21)16-14-12-10-8-6-5-7-9-11-13-15-17(2)20/h7-10,19H,4-6,11-16H2,1-3H3/b9-7+,10-8+. The lowest BCUT2D eigenvalue weighted by molar-refractivity contribution is -0.146. The third-order valence-corrected chi connectivity index (χ3v) is 3.42. The molecule has 0 radical (unpaired) electrons. The van der Waals surface area contributed by atoms with E-state index in [1.54, 1.807) is 6.92 Å². The maximum Gasteiger partial charge on any atom is 0.302 e. The maximum absolute atomic E-state index is 10.9. The second-order valence-electron chi connectivity index (χ2n) is 5.68. The molecule has 0 aromatic heterocycles. The molecule has 1 atom stereocenters. The van der Waals surface area contributed by atoms with Crippen LogP contribution in [0.25, 0.3) is 0 Å². The van der Waals surface area contributed by atoms with Crippen molar-refractivity contribution in [3.05, 3.63) is 24.3 Å². The first kappa shape index (κ1) is 20.6. The number of esters is 1. The number of hydrogen-bond donors (Lipinski definition) is 0. The predicted octanol–water partition coefficient (Wildman–Crippen LogP) is 5.15. The molecule has 0 bridgehead atoms. The lowest BCUT2D eigenvalue weighted by Gasteiger charge is -2.13. The minimum atomic E-state index is -0.183. The molecular weight excluding hydrogens is 276 g/mol. The van der Waals surface area contributed by atoms with Gasteiger partial charge in [0.2, 0.25) is 0 Å². The van der Waals surface area contributed by atoms with Crippen molar-refractivity contribution in [2.24, 2.45) is 0 Å². The molecule has 0 saturated carbocycles. The van der Waals surface area contributed by atoms with Crippen LogP contribution in [0.1, 0.15) is 78.6 Å². The van der Waals surface area contributed by atoms with Crippen molar-refractivity contribution >= 4 is 11.8 Å². The Kier molecular flexibility index (Phi) is 13.6. The van der Waals surface area contributed by atoms with Crippen molar-refractivity contribution in [1.82, 2.24) is 0 Å². The van der Waals surface area contributed by atoms with Crippen molar-refractivity contribution in [3.8, 4) is 0 Å². The minimum absolute atomic E-state index is 0.0730. The van der Waals surface area contributed by atoms with Crippen LogP contribution in [0, 0.1) is 0 Å². The van der Waals surface area contributed by atoms with Crippen molar-refractivity contribution in [3.63, 3.8) is 0 Å². The van der Waals surface area contributed by atoms with Gasteiger partial charge in [0.25, 0.3) is 0 Å². The van der Waals surface area contributed by atoms with Gasteiger partial charge in [0, 0.05) is 13.3 Å². The Hall–Kier alpha value is -1.38. The zero-order valence-corrected chi connectivity index (χ0v) is 14.5. The second kappa shape index (κ2) is 14.6. The van der Waals surface area contributed by atoms with Gasteiger partial charge in [-0.2, -0.15) is 0 Å². The van der Waals surface area contributed by atoms with Crippen molar-refractivity contribution in [2.45, 2.75) is 84.7 Å². The summed E-state index contributed by atoms with van der Waals surface area (Å²) < 4.78 is 5.21. The van der Waals surface area contributed by atoms with E-state index in [2.05, 4.69) is 24.3 Å². The van der Waals surface area contributed by atoms with E-state index in [0.29, 0.717) is 6.42 Å². The fourth-order valence-corrected chi connectivity index (χ4v) is 2.18. The van der Waals surface area contributed by atoms with Gasteiger partial charge in [-0.1, -0.05) is 31.2 Å². The smallest absolute Gasteiger partial charge is 0.302 e. The third kappa shape index (κ3) is 15.0. The molecule has 126 valence electrons. The molecule has 0 spiro atoms. The van der Waals surface area contributed by atoms with Crippen LogP contribution in [0.4, 0.5) is 0 Å². The fourth-order valence-electron chi connectivity index (χ4n) is 2.18. The second-order valence-corrected chi connectivity index (χ2v) is 5.68. The Balaban J connectivity index is 3.49. The Bertz CT molecular complexity index is 356. The summed E-state index contributed by atoms with van der Waals surface area (Å²) in [7, 11) is 0. The monoisotopic (exact) mass is 308 g/mol. The lowest BCUT2D eigenvalue weighted by Crippen LogP contribution is -2.14. The number of allylic oxidation sites excluding steroid dienone is 4. The van der Waals surface area contributed by atoms with Crippen LogP contribution >= 0.6 is 0 Å². The van der Waals surface area contributed by atoms with Gasteiger partial charge in [-0.25, -0.2) is 0 Å². The molecule has 0 fully saturated rings. The zero-order chi connectivity index (χ0) is 16.6. The third-order valence-electron chi connectivity index (χ3n) is 3.42. The Morgan fingerprint density at radius 3 is 1.95 bits per heavy atom. The van der Waals surface area contributed by atoms with Gasteiger partial charge in [0.1, 0.15) is 11.9 Å². The van der Waals surface area contributed by atoms with Gasteiger partial charge in [0.15, 0.2) is 0 Å². The van der Waals surface area contributed by atoms with Gasteiger partial charge in [0.05, 0.1) is 0 Å². The highest BCUT2D eigenvalue weighted by Crippen LogP contribution is 2.10. The van der Waals surface area contributed by atoms with Gasteiger partial charge in [-0.05, 0) is 58.3 Å². The number of ketones is 1. The largest absolute Gasteiger partial charge is 0.463 e. The van der Waals surface area contributed by atoms with E-state index < -0.39 is 0 Å². The number of hydrogen-bond acceptors (Lipinski definition) is 3. The Morgan fingerprint density at radius 2 is 1.45 bits per heavy atom. The highest BCUT2D eigenvalue weighted by molar-refractivity contribution is 5.75. The first-order valence-electron chi connectivity index (χ1n) is 8.52. The number of unbranched alkanes of at least 4 members (excludes halogenated alkanes) is 3. The summed E-state index contributed by atoms with van der Waals surface area (Å²) in [5, 5.41) is 0. The first-order chi connectivity index (χ1) is 10.6. The molecule has 0 aliphatic rings. The fraction of sp³-hybridized carbons (Fsp3) is 0.684. The summed E-state index contributed by atoms with van der Waals surface area (Å²) in [5.41, 5.74) is 0. The van der Waals surface area contributed by atoms with E-state index in [1.165, 1.54) is 6.92 Å². The normalized spacial score (nSPS) is 12.9. The number of carbonyl (C=O) groups is 2. The molecule has 1 unspecified atom stereocenters. The zero-order valence-electron chi connectivity index (χ0n) is 14.5. The van der Waals surface area contributed by atoms with Crippen LogP contribution in [-0.2, 0) is 14.3 Å². The van der Waals surface area contributed by atoms with Crippen LogP contribution in [0.3, 0.4) is 0 Å². The minimum Gasteiger partial charge on any atom is -0.463 e. The molecule has 0 N–H and O–H groups in total. The molecule has 0 aromatic rings. The molecule has 0 aliphatic heterocycles. The van der Waals surface area contributed by atoms with E-state index in [1.807, 2.05) is 6.92 Å². The summed E-state index contributed by atoms with van der Waals surface area (Å²) in [6, 6.07) is 0. The average Bonchev–Trinajstić information content (AvgIpc) is 2.46. The average molecular weight is 308 g/mol. The molecule has 0 aromatic carbocycles. The molecule has 22 heavy (non-hydrogen) atoms. The molecule has 0 amide bonds. The summed E-state index contributed by atoms with van der Waals surface area (Å²) in [5.74, 6) is 0.0906. The van der Waals surface area contributed by atoms with E-state index in [0.717, 1.165) is 51.4 Å². The number of ether oxygens (including phenoxy) is 1. The van der Waals surface area contributed by atoms with E-state index in [9.17, 15) is 9.59 Å². The molecule has 3 heteroatoms. The van der Waals surface area contributed by atoms with Crippen molar-refractivity contribution in [2.75, 3.05) is 0 Å². The van der Waals surface area contributed by atoms with Gasteiger partial charge >= 0.3 is 5.97 Å². The van der Waals surface area contributed by atoms with Crippen molar-refractivity contribution in [1.29, 1.82) is 0 Å². The summed E-state index contributed by atoms with van der Waals surface area (Å²) in [6.45, 7) is 5.16. The quantitative estimate of drug-likeness (QED) is 0.268. The Morgan fingerprint density at radius 1 is 0.909 bits per heavy atom. The van der Waals surface area contributed by atoms with Gasteiger partial charge in [-0.15, -0.1) is 0 Å². The van der Waals surface area contributed by atoms with E-state index in [-0.39, 0.29) is 17.9 Å². The number of carbonyl (C=O) groups excluding carboxylic acids is 2. The number of rotatable bonds is 13. The maximum atomic E-state index is 10.9. The predicted molar refractivity (Wildman–Crippen MR) is 91.7 cm³/mol. The SMILES string of the molecule is CCC(CCC/C=C/CC/C=C/CCCC(C)=O)OC(C)=O. The lowest BCUT2D eigenvalue weighted by atomic mass is 10.1. The Labute approximate surface area is 135 Å². The highest BCUT2D eigenvalue weighted by atomic mass is 16.5. The summed E-state index contributed by atoms with van der Waals surface area (Å²) in [6.07, 6.45) is 17.6. The molecule has 3 nitrogen and oxygen atoms in total. The van der Waals surface area contributed by atoms with E-state index >= 15 is 0 Å². The molecule has 0 rings (SSSR count). The summed E-state index contributed by atoms with van der Waals surface area (Å²) in [4.78, 5) is 21.6. The highest BCUT2D eigenvalue weighted by Gasteiger charge is 2.07. The van der Waals surface area contributed by atoms with Gasteiger partial charge < -0.3 is 9.53 Å². The molecule has 0 heterocycles. The molecule has 0 aliphatic carbocycles. The van der Waals surface area contributed by atoms with Crippen LogP contribution in [-0.4, -0.2) is 17.9 Å². The van der Waals surface area contributed by atoms with Crippen LogP contribution < -0.4 is 0 Å². The van der Waals surface area contributed by atoms with Crippen molar-refractivity contribution < 1.29 is 14.3 Å². The topological polar surface area (TPSA) is 43.4 Å². The first-order valence-corrected chi connectivity index (χ1v) is 8.52. The molecule has 0 saturated heterocycles.